The van der Waals surface area contributed by atoms with E-state index < -0.39 is 0 Å². The number of aromatic nitrogens is 3. The van der Waals surface area contributed by atoms with Crippen molar-refractivity contribution in [3.8, 4) is 11.5 Å². The van der Waals surface area contributed by atoms with Crippen molar-refractivity contribution in [3.63, 3.8) is 0 Å². The number of hydrogen-bond donors (Lipinski definition) is 1. The lowest BCUT2D eigenvalue weighted by Crippen LogP contribution is -2.24. The van der Waals surface area contributed by atoms with Crippen LogP contribution in [0.3, 0.4) is 0 Å². The number of fused-ring (bicyclic) bond motifs is 1. The maximum absolute atomic E-state index is 12.7. The summed E-state index contributed by atoms with van der Waals surface area (Å²) in [6, 6.07) is 3.54. The third-order valence-electron chi connectivity index (χ3n) is 4.53. The van der Waals surface area contributed by atoms with E-state index in [1.807, 2.05) is 27.8 Å². The first kappa shape index (κ1) is 17.2. The second-order valence-corrected chi connectivity index (χ2v) is 6.49. The molecular weight excluding hydrogens is 347 g/mol. The fraction of sp³-hybridized carbons (Fsp3) is 0.278. The zero-order valence-electron chi connectivity index (χ0n) is 15.4. The molecule has 2 aromatic heterocycles. The number of nitrogens with one attached hydrogen (secondary N) is 1. The van der Waals surface area contributed by atoms with Gasteiger partial charge in [-0.1, -0.05) is 10.6 Å². The molecule has 0 fully saturated rings. The molecule has 0 unspecified atom stereocenters. The Balaban J connectivity index is 1.50. The van der Waals surface area contributed by atoms with Crippen LogP contribution in [0.15, 0.2) is 29.0 Å². The molecule has 0 bridgehead atoms. The van der Waals surface area contributed by atoms with E-state index in [0.717, 1.165) is 22.5 Å². The summed E-state index contributed by atoms with van der Waals surface area (Å²) < 4.78 is 18.0. The molecule has 1 aliphatic heterocycles. The Bertz CT molecular complexity index is 991. The van der Waals surface area contributed by atoms with Gasteiger partial charge in [-0.2, -0.15) is 5.10 Å². The first-order chi connectivity index (χ1) is 13.0. The molecule has 138 valence electrons. The van der Waals surface area contributed by atoms with Crippen LogP contribution in [0.2, 0.25) is 0 Å². The number of anilines is 1. The van der Waals surface area contributed by atoms with Crippen LogP contribution in [0.1, 0.15) is 27.4 Å². The molecule has 0 atom stereocenters. The average molecular weight is 366 g/mol. The van der Waals surface area contributed by atoms with Gasteiger partial charge < -0.3 is 19.3 Å². The number of hydrogen-bond acceptors (Lipinski definition) is 6. The van der Waals surface area contributed by atoms with Crippen LogP contribution < -0.4 is 20.3 Å². The predicted octanol–water partition coefficient (Wildman–Crippen LogP) is 0.818. The number of aryl methyl sites for hydroxylation is 2. The number of carbonyl (C=O) groups excluding carboxylic acids is 1. The molecule has 0 saturated carbocycles. The molecule has 1 N–H and O–H groups in total. The second-order valence-electron chi connectivity index (χ2n) is 6.49. The van der Waals surface area contributed by atoms with E-state index in [2.05, 4.69) is 15.6 Å². The van der Waals surface area contributed by atoms with Gasteiger partial charge in [-0.3, -0.25) is 9.48 Å². The quantitative estimate of drug-likeness (QED) is 0.688. The van der Waals surface area contributed by atoms with Crippen LogP contribution in [0.25, 0.3) is 0 Å². The summed E-state index contributed by atoms with van der Waals surface area (Å²) in [7, 11) is 1.87. The van der Waals surface area contributed by atoms with Crippen LogP contribution >= 0.6 is 0 Å². The number of carbonyl (C=O) groups is 1. The summed E-state index contributed by atoms with van der Waals surface area (Å²) in [5.74, 6) is 1.80. The SMILES string of the molecule is Bc1cc2c(cc1C(=O)Nc1cnn(Cc3c(C)noc3C)c1)OCCO2. The molecule has 0 saturated heterocycles. The van der Waals surface area contributed by atoms with Gasteiger partial charge >= 0.3 is 0 Å². The zero-order chi connectivity index (χ0) is 19.0. The summed E-state index contributed by atoms with van der Waals surface area (Å²) >= 11 is 0. The highest BCUT2D eigenvalue weighted by Crippen LogP contribution is 2.29. The highest BCUT2D eigenvalue weighted by molar-refractivity contribution is 6.37. The Hall–Kier alpha value is -3.23. The molecule has 9 heteroatoms. The Labute approximate surface area is 156 Å². The first-order valence-electron chi connectivity index (χ1n) is 8.67. The number of rotatable bonds is 4. The fourth-order valence-electron chi connectivity index (χ4n) is 3.04. The summed E-state index contributed by atoms with van der Waals surface area (Å²) in [5.41, 5.74) is 3.79. The number of ether oxygens (including phenoxy) is 2. The molecule has 3 heterocycles. The van der Waals surface area contributed by atoms with Crippen molar-refractivity contribution < 1.29 is 18.8 Å². The number of amides is 1. The van der Waals surface area contributed by atoms with Crippen molar-refractivity contribution in [2.24, 2.45) is 0 Å². The van der Waals surface area contributed by atoms with Gasteiger partial charge in [-0.05, 0) is 26.0 Å². The third-order valence-corrected chi connectivity index (χ3v) is 4.53. The first-order valence-corrected chi connectivity index (χ1v) is 8.67. The van der Waals surface area contributed by atoms with Crippen molar-refractivity contribution >= 4 is 24.9 Å². The van der Waals surface area contributed by atoms with Crippen molar-refractivity contribution in [3.05, 3.63) is 47.1 Å². The number of nitrogens with zero attached hydrogens (tertiary/aromatic N) is 3. The van der Waals surface area contributed by atoms with Crippen LogP contribution in [0.5, 0.6) is 11.5 Å². The van der Waals surface area contributed by atoms with Gasteiger partial charge in [0, 0.05) is 17.3 Å². The maximum atomic E-state index is 12.7. The van der Waals surface area contributed by atoms with E-state index in [9.17, 15) is 4.79 Å². The van der Waals surface area contributed by atoms with Crippen molar-refractivity contribution in [1.29, 1.82) is 0 Å². The highest BCUT2D eigenvalue weighted by Gasteiger charge is 2.18. The third kappa shape index (κ3) is 3.40. The Morgan fingerprint density at radius 3 is 2.70 bits per heavy atom. The van der Waals surface area contributed by atoms with Gasteiger partial charge in [0.05, 0.1) is 24.1 Å². The summed E-state index contributed by atoms with van der Waals surface area (Å²) in [6.45, 7) is 5.28. The Kier molecular flexibility index (Phi) is 4.35. The Morgan fingerprint density at radius 2 is 2.00 bits per heavy atom. The van der Waals surface area contributed by atoms with Gasteiger partial charge in [0.2, 0.25) is 0 Å². The minimum atomic E-state index is -0.221. The molecule has 0 spiro atoms. The average Bonchev–Trinajstić information content (AvgIpc) is 3.22. The minimum Gasteiger partial charge on any atom is -0.486 e. The van der Waals surface area contributed by atoms with E-state index >= 15 is 0 Å². The largest absolute Gasteiger partial charge is 0.486 e. The van der Waals surface area contributed by atoms with Crippen LogP contribution in [-0.4, -0.2) is 41.9 Å². The smallest absolute Gasteiger partial charge is 0.255 e. The van der Waals surface area contributed by atoms with E-state index in [1.54, 1.807) is 23.1 Å². The summed E-state index contributed by atoms with van der Waals surface area (Å²) in [6.07, 6.45) is 3.39. The van der Waals surface area contributed by atoms with E-state index in [0.29, 0.717) is 42.5 Å². The van der Waals surface area contributed by atoms with Crippen molar-refractivity contribution in [1.82, 2.24) is 14.9 Å². The topological polar surface area (TPSA) is 91.4 Å². The Morgan fingerprint density at radius 1 is 1.26 bits per heavy atom. The molecule has 1 aromatic carbocycles. The molecule has 0 radical (unpaired) electrons. The van der Waals surface area contributed by atoms with Crippen LogP contribution in [0, 0.1) is 13.8 Å². The standard InChI is InChI=1S/C18H19BN4O4/c1-10-14(11(2)27-22-10)9-23-8-12(7-20-23)21-18(24)13-5-16-17(6-15(13)19)26-4-3-25-16/h5-8H,3-4,9,19H2,1-2H3,(H,21,24). The molecule has 8 nitrogen and oxygen atoms in total. The normalized spacial score (nSPS) is 12.8. The van der Waals surface area contributed by atoms with Gasteiger partial charge in [-0.15, -0.1) is 0 Å². The van der Waals surface area contributed by atoms with Crippen molar-refractivity contribution in [2.75, 3.05) is 18.5 Å². The van der Waals surface area contributed by atoms with Crippen LogP contribution in [-0.2, 0) is 6.54 Å². The maximum Gasteiger partial charge on any atom is 0.255 e. The molecule has 1 aliphatic rings. The molecule has 27 heavy (non-hydrogen) atoms. The second kappa shape index (κ2) is 6.83. The van der Waals surface area contributed by atoms with Gasteiger partial charge in [-0.25, -0.2) is 0 Å². The van der Waals surface area contributed by atoms with E-state index in [-0.39, 0.29) is 5.91 Å². The lowest BCUT2D eigenvalue weighted by Gasteiger charge is -2.20. The monoisotopic (exact) mass is 366 g/mol. The van der Waals surface area contributed by atoms with Gasteiger partial charge in [0.25, 0.3) is 5.91 Å². The molecular formula is C18H19BN4O4. The van der Waals surface area contributed by atoms with Crippen molar-refractivity contribution in [2.45, 2.75) is 20.4 Å². The molecule has 0 aliphatic carbocycles. The van der Waals surface area contributed by atoms with E-state index in [4.69, 9.17) is 14.0 Å². The minimum absolute atomic E-state index is 0.221. The van der Waals surface area contributed by atoms with Gasteiger partial charge in [0.1, 0.15) is 26.8 Å². The molecule has 1 amide bonds. The number of benzene rings is 1. The lowest BCUT2D eigenvalue weighted by molar-refractivity contribution is 0.102. The summed E-state index contributed by atoms with van der Waals surface area (Å²) in [4.78, 5) is 12.7. The summed E-state index contributed by atoms with van der Waals surface area (Å²) in [5, 5.41) is 11.1. The molecule has 4 rings (SSSR count). The van der Waals surface area contributed by atoms with Crippen LogP contribution in [0.4, 0.5) is 5.69 Å². The zero-order valence-corrected chi connectivity index (χ0v) is 15.4. The predicted molar refractivity (Wildman–Crippen MR) is 101 cm³/mol. The van der Waals surface area contributed by atoms with Gasteiger partial charge in [0.15, 0.2) is 11.5 Å². The lowest BCUT2D eigenvalue weighted by atomic mass is 9.89. The molecule has 3 aromatic rings. The fourth-order valence-corrected chi connectivity index (χ4v) is 3.04. The van der Waals surface area contributed by atoms with E-state index in [1.165, 1.54) is 0 Å². The highest BCUT2D eigenvalue weighted by atomic mass is 16.6.